The van der Waals surface area contributed by atoms with Crippen LogP contribution in [0.4, 0.5) is 0 Å². The number of likely N-dealkylation sites (tertiary alicyclic amines) is 1. The molecule has 5 nitrogen and oxygen atoms in total. The van der Waals surface area contributed by atoms with Gasteiger partial charge in [-0.25, -0.2) is 0 Å². The average molecular weight is 367 g/mol. The molecule has 1 atom stereocenters. The van der Waals surface area contributed by atoms with E-state index < -0.39 is 11.5 Å². The number of carboxylic acids is 1. The highest BCUT2D eigenvalue weighted by atomic mass is 35.5. The first-order valence-corrected chi connectivity index (χ1v) is 9.33. The molecular weight excluding hydrogens is 340 g/mol. The van der Waals surface area contributed by atoms with Gasteiger partial charge < -0.3 is 15.7 Å². The monoisotopic (exact) mass is 366 g/mol. The number of rotatable bonds is 7. The first-order chi connectivity index (χ1) is 11.9. The highest BCUT2D eigenvalue weighted by Crippen LogP contribution is 2.31. The third kappa shape index (κ3) is 4.73. The van der Waals surface area contributed by atoms with E-state index in [1.54, 1.807) is 29.2 Å². The number of halogens is 1. The summed E-state index contributed by atoms with van der Waals surface area (Å²) in [5.74, 6) is -1.07. The number of nitrogens with two attached hydrogens (primary N) is 1. The zero-order valence-corrected chi connectivity index (χ0v) is 15.5. The van der Waals surface area contributed by atoms with Crippen LogP contribution in [0.15, 0.2) is 24.3 Å². The Morgan fingerprint density at radius 2 is 1.84 bits per heavy atom. The molecule has 25 heavy (non-hydrogen) atoms. The summed E-state index contributed by atoms with van der Waals surface area (Å²) in [5, 5.41) is 10.2. The van der Waals surface area contributed by atoms with Crippen LogP contribution < -0.4 is 5.73 Å². The van der Waals surface area contributed by atoms with Gasteiger partial charge in [-0.2, -0.15) is 0 Å². The van der Waals surface area contributed by atoms with Gasteiger partial charge in [0.2, 0.25) is 0 Å². The summed E-state index contributed by atoms with van der Waals surface area (Å²) in [6, 6.07) is 6.83. The quantitative estimate of drug-likeness (QED) is 0.723. The van der Waals surface area contributed by atoms with Crippen molar-refractivity contribution in [3.05, 3.63) is 34.9 Å². The lowest BCUT2D eigenvalue weighted by Gasteiger charge is -2.40. The Bertz CT molecular complexity index is 597. The maximum Gasteiger partial charge on any atom is 0.323 e. The predicted molar refractivity (Wildman–Crippen MR) is 98.8 cm³/mol. The van der Waals surface area contributed by atoms with Crippen molar-refractivity contribution in [2.45, 2.75) is 51.0 Å². The molecule has 1 unspecified atom stereocenters. The Kier molecular flexibility index (Phi) is 6.85. The Hall–Kier alpha value is -1.59. The topological polar surface area (TPSA) is 83.6 Å². The summed E-state index contributed by atoms with van der Waals surface area (Å²) in [5.41, 5.74) is 5.70. The Balaban J connectivity index is 1.98. The molecule has 2 rings (SSSR count). The van der Waals surface area contributed by atoms with Crippen LogP contribution in [0.1, 0.15) is 55.8 Å². The molecule has 1 saturated heterocycles. The molecule has 1 amide bonds. The molecule has 1 aromatic carbocycles. The van der Waals surface area contributed by atoms with E-state index in [0.717, 1.165) is 19.3 Å². The van der Waals surface area contributed by atoms with E-state index in [9.17, 15) is 14.7 Å². The van der Waals surface area contributed by atoms with Crippen LogP contribution in [0.2, 0.25) is 5.02 Å². The summed E-state index contributed by atoms with van der Waals surface area (Å²) in [6.07, 6.45) is 4.57. The molecule has 1 heterocycles. The van der Waals surface area contributed by atoms with Crippen LogP contribution >= 0.6 is 11.6 Å². The van der Waals surface area contributed by atoms with Gasteiger partial charge >= 0.3 is 5.97 Å². The molecular formula is C19H27ClN2O3. The summed E-state index contributed by atoms with van der Waals surface area (Å²) in [7, 11) is 0. The zero-order valence-electron chi connectivity index (χ0n) is 14.7. The van der Waals surface area contributed by atoms with Gasteiger partial charge in [0, 0.05) is 23.7 Å². The van der Waals surface area contributed by atoms with Gasteiger partial charge in [-0.15, -0.1) is 0 Å². The van der Waals surface area contributed by atoms with Crippen LogP contribution in [0.5, 0.6) is 0 Å². The standard InChI is InChI=1S/C19H27ClN2O3/c1-2-3-4-11-19(21,18(24)25)15-9-12-22(13-10-15)17(23)14-5-7-16(20)8-6-14/h5-8,15H,2-4,9-13,21H2,1H3,(H,24,25). The highest BCUT2D eigenvalue weighted by Gasteiger charge is 2.43. The number of piperidine rings is 1. The van der Waals surface area contributed by atoms with Gasteiger partial charge in [0.25, 0.3) is 5.91 Å². The molecule has 1 aliphatic rings. The van der Waals surface area contributed by atoms with Crippen LogP contribution in [0.25, 0.3) is 0 Å². The lowest BCUT2D eigenvalue weighted by Crippen LogP contribution is -2.57. The Labute approximate surface area is 154 Å². The van der Waals surface area contributed by atoms with Crippen molar-refractivity contribution in [3.63, 3.8) is 0 Å². The normalized spacial score (nSPS) is 18.0. The third-order valence-corrected chi connectivity index (χ3v) is 5.45. The summed E-state index contributed by atoms with van der Waals surface area (Å²) in [6.45, 7) is 3.15. The molecule has 0 spiro atoms. The third-order valence-electron chi connectivity index (χ3n) is 5.19. The number of hydrogen-bond donors (Lipinski definition) is 2. The van der Waals surface area contributed by atoms with Crippen LogP contribution in [-0.2, 0) is 4.79 Å². The number of carbonyl (C=O) groups is 2. The molecule has 1 aliphatic heterocycles. The fraction of sp³-hybridized carbons (Fsp3) is 0.579. The molecule has 3 N–H and O–H groups in total. The van der Waals surface area contributed by atoms with Gasteiger partial charge in [0.15, 0.2) is 0 Å². The van der Waals surface area contributed by atoms with Crippen molar-refractivity contribution in [2.75, 3.05) is 13.1 Å². The molecule has 0 saturated carbocycles. The second kappa shape index (κ2) is 8.68. The number of nitrogens with zero attached hydrogens (tertiary/aromatic N) is 1. The van der Waals surface area contributed by atoms with Gasteiger partial charge in [-0.1, -0.05) is 37.8 Å². The van der Waals surface area contributed by atoms with E-state index in [4.69, 9.17) is 17.3 Å². The molecule has 1 aromatic rings. The molecule has 0 bridgehead atoms. The van der Waals surface area contributed by atoms with Gasteiger partial charge in [0.05, 0.1) is 0 Å². The SMILES string of the molecule is CCCCCC(N)(C(=O)O)C1CCN(C(=O)c2ccc(Cl)cc2)CC1. The van der Waals surface area contributed by atoms with E-state index in [0.29, 0.717) is 42.9 Å². The minimum Gasteiger partial charge on any atom is -0.480 e. The zero-order chi connectivity index (χ0) is 18.4. The van der Waals surface area contributed by atoms with Gasteiger partial charge in [-0.05, 0) is 49.4 Å². The predicted octanol–water partition coefficient (Wildman–Crippen LogP) is 3.55. The number of hydrogen-bond acceptors (Lipinski definition) is 3. The number of unbranched alkanes of at least 4 members (excludes halogenated alkanes) is 2. The van der Waals surface area contributed by atoms with E-state index >= 15 is 0 Å². The lowest BCUT2D eigenvalue weighted by atomic mass is 9.75. The summed E-state index contributed by atoms with van der Waals surface area (Å²) in [4.78, 5) is 26.1. The second-order valence-corrected chi connectivity index (χ2v) is 7.31. The highest BCUT2D eigenvalue weighted by molar-refractivity contribution is 6.30. The number of carbonyl (C=O) groups excluding carboxylic acids is 1. The van der Waals surface area contributed by atoms with Crippen molar-refractivity contribution in [1.82, 2.24) is 4.90 Å². The maximum atomic E-state index is 12.5. The van der Waals surface area contributed by atoms with Crippen molar-refractivity contribution >= 4 is 23.5 Å². The minimum absolute atomic E-state index is 0.0425. The first-order valence-electron chi connectivity index (χ1n) is 8.95. The summed E-state index contributed by atoms with van der Waals surface area (Å²) < 4.78 is 0. The minimum atomic E-state index is -1.19. The summed E-state index contributed by atoms with van der Waals surface area (Å²) >= 11 is 5.86. The van der Waals surface area contributed by atoms with Gasteiger partial charge in [-0.3, -0.25) is 9.59 Å². The Morgan fingerprint density at radius 1 is 1.24 bits per heavy atom. The van der Waals surface area contributed by atoms with E-state index in [2.05, 4.69) is 6.92 Å². The number of carboxylic acid groups (broad SMARTS) is 1. The molecule has 138 valence electrons. The van der Waals surface area contributed by atoms with Crippen molar-refractivity contribution < 1.29 is 14.7 Å². The van der Waals surface area contributed by atoms with Crippen molar-refractivity contribution in [1.29, 1.82) is 0 Å². The number of amides is 1. The van der Waals surface area contributed by atoms with Crippen molar-refractivity contribution in [3.8, 4) is 0 Å². The maximum absolute atomic E-state index is 12.5. The first kappa shape index (κ1) is 19.7. The Morgan fingerprint density at radius 3 is 2.36 bits per heavy atom. The van der Waals surface area contributed by atoms with E-state index in [-0.39, 0.29) is 11.8 Å². The smallest absolute Gasteiger partial charge is 0.323 e. The fourth-order valence-electron chi connectivity index (χ4n) is 3.53. The molecule has 6 heteroatoms. The molecule has 1 fully saturated rings. The van der Waals surface area contributed by atoms with Gasteiger partial charge in [0.1, 0.15) is 5.54 Å². The molecule has 0 radical (unpaired) electrons. The largest absolute Gasteiger partial charge is 0.480 e. The van der Waals surface area contributed by atoms with Crippen LogP contribution in [0, 0.1) is 5.92 Å². The number of benzene rings is 1. The molecule has 0 aromatic heterocycles. The van der Waals surface area contributed by atoms with E-state index in [1.165, 1.54) is 0 Å². The fourth-order valence-corrected chi connectivity index (χ4v) is 3.65. The lowest BCUT2D eigenvalue weighted by molar-refractivity contribution is -0.146. The van der Waals surface area contributed by atoms with Crippen LogP contribution in [0.3, 0.4) is 0 Å². The van der Waals surface area contributed by atoms with E-state index in [1.807, 2.05) is 0 Å². The molecule has 0 aliphatic carbocycles. The second-order valence-electron chi connectivity index (χ2n) is 6.88. The number of aliphatic carboxylic acids is 1. The average Bonchev–Trinajstić information content (AvgIpc) is 2.62. The van der Waals surface area contributed by atoms with Crippen molar-refractivity contribution in [2.24, 2.45) is 11.7 Å². The van der Waals surface area contributed by atoms with Crippen LogP contribution in [-0.4, -0.2) is 40.5 Å².